The summed E-state index contributed by atoms with van der Waals surface area (Å²) in [6.45, 7) is 7.81. The smallest absolute Gasteiger partial charge is 0.0640 e. The Kier molecular flexibility index (Phi) is 4.63. The predicted molar refractivity (Wildman–Crippen MR) is 146 cm³/mol. The van der Waals surface area contributed by atoms with Crippen LogP contribution in [-0.2, 0) is 0 Å². The number of anilines is 1. The van der Waals surface area contributed by atoms with Crippen LogP contribution >= 0.6 is 11.3 Å². The first-order valence-electron chi connectivity index (χ1n) is 10.9. The Morgan fingerprint density at radius 2 is 1.55 bits per heavy atom. The molecule has 0 saturated heterocycles. The van der Waals surface area contributed by atoms with Gasteiger partial charge in [0.2, 0.25) is 0 Å². The van der Waals surface area contributed by atoms with E-state index in [0.717, 1.165) is 11.4 Å². The molecular weight excluding hydrogens is 420 g/mol. The maximum atomic E-state index is 4.09. The topological polar surface area (TPSA) is 17.0 Å². The van der Waals surface area contributed by atoms with Crippen molar-refractivity contribution >= 4 is 59.0 Å². The lowest BCUT2D eigenvalue weighted by molar-refractivity contribution is 1.20. The van der Waals surface area contributed by atoms with Gasteiger partial charge >= 0.3 is 0 Å². The fraction of sp³-hybridized carbons (Fsp3) is 0. The maximum absolute atomic E-state index is 4.09. The number of para-hydroxylation sites is 1. The van der Waals surface area contributed by atoms with E-state index < -0.39 is 0 Å². The third kappa shape index (κ3) is 3.17. The molecule has 2 nitrogen and oxygen atoms in total. The van der Waals surface area contributed by atoms with Crippen molar-refractivity contribution in [3.05, 3.63) is 122 Å². The quantitative estimate of drug-likeness (QED) is 0.264. The van der Waals surface area contributed by atoms with Crippen LogP contribution in [0.25, 0.3) is 47.7 Å². The van der Waals surface area contributed by atoms with Crippen molar-refractivity contribution in [2.24, 2.45) is 0 Å². The summed E-state index contributed by atoms with van der Waals surface area (Å²) in [5.41, 5.74) is 5.47. The molecule has 0 radical (unpaired) electrons. The Balaban J connectivity index is 1.61. The average molecular weight is 443 g/mol. The van der Waals surface area contributed by atoms with Crippen molar-refractivity contribution in [3.63, 3.8) is 0 Å². The van der Waals surface area contributed by atoms with Gasteiger partial charge in [-0.2, -0.15) is 0 Å². The minimum Gasteiger partial charge on any atom is -0.356 e. The molecule has 2 heterocycles. The molecule has 0 aliphatic carbocycles. The summed E-state index contributed by atoms with van der Waals surface area (Å²) in [5.74, 6) is 0. The second kappa shape index (κ2) is 7.80. The second-order valence-corrected chi connectivity index (χ2v) is 9.13. The molecule has 0 saturated carbocycles. The molecule has 0 aliphatic heterocycles. The Morgan fingerprint density at radius 1 is 0.788 bits per heavy atom. The number of nitrogens with one attached hydrogen (secondary N) is 1. The fourth-order valence-corrected chi connectivity index (χ4v) is 5.84. The summed E-state index contributed by atoms with van der Waals surface area (Å²) in [6, 6.07) is 30.5. The lowest BCUT2D eigenvalue weighted by Crippen LogP contribution is -1.96. The molecule has 0 aliphatic rings. The third-order valence-corrected chi connectivity index (χ3v) is 7.24. The molecule has 0 spiro atoms. The van der Waals surface area contributed by atoms with Crippen molar-refractivity contribution in [1.29, 1.82) is 0 Å². The van der Waals surface area contributed by atoms with Crippen LogP contribution in [0.2, 0.25) is 0 Å². The highest BCUT2D eigenvalue weighted by molar-refractivity contribution is 7.26. The highest BCUT2D eigenvalue weighted by Gasteiger charge is 2.16. The van der Waals surface area contributed by atoms with Gasteiger partial charge in [0, 0.05) is 37.6 Å². The number of nitrogens with zero attached hydrogens (tertiary/aromatic N) is 1. The van der Waals surface area contributed by atoms with Crippen LogP contribution in [0, 0.1) is 0 Å². The van der Waals surface area contributed by atoms with Crippen LogP contribution < -0.4 is 5.32 Å². The van der Waals surface area contributed by atoms with Gasteiger partial charge in [0.25, 0.3) is 0 Å². The molecule has 0 unspecified atom stereocenters. The van der Waals surface area contributed by atoms with Crippen LogP contribution in [0.5, 0.6) is 0 Å². The number of thiophene rings is 1. The van der Waals surface area contributed by atoms with Crippen LogP contribution in [0.15, 0.2) is 122 Å². The molecule has 0 bridgehead atoms. The van der Waals surface area contributed by atoms with Gasteiger partial charge in [-0.25, -0.2) is 0 Å². The number of allylic oxidation sites excluding steroid dienone is 3. The van der Waals surface area contributed by atoms with Gasteiger partial charge in [0.05, 0.1) is 21.4 Å². The Bertz CT molecular complexity index is 1730. The molecule has 0 amide bonds. The normalized spacial score (nSPS) is 11.8. The van der Waals surface area contributed by atoms with Gasteiger partial charge < -0.3 is 9.88 Å². The van der Waals surface area contributed by atoms with Crippen LogP contribution in [0.4, 0.5) is 5.69 Å². The van der Waals surface area contributed by atoms with Crippen molar-refractivity contribution in [3.8, 4) is 5.69 Å². The van der Waals surface area contributed by atoms with Crippen molar-refractivity contribution < 1.29 is 0 Å². The van der Waals surface area contributed by atoms with Crippen molar-refractivity contribution in [1.82, 2.24) is 4.57 Å². The SMILES string of the molecule is C=C/C=C\C(=C)Nc1ccc2c(c1)c1ccccc1n2-c1cccc2c1sc1ccccc12. The van der Waals surface area contributed by atoms with Crippen LogP contribution in [-0.4, -0.2) is 4.57 Å². The van der Waals surface area contributed by atoms with Crippen LogP contribution in [0.1, 0.15) is 0 Å². The van der Waals surface area contributed by atoms with Gasteiger partial charge in [-0.3, -0.25) is 0 Å². The predicted octanol–water partition coefficient (Wildman–Crippen LogP) is 8.82. The lowest BCUT2D eigenvalue weighted by atomic mass is 10.1. The number of rotatable bonds is 5. The fourth-order valence-electron chi connectivity index (χ4n) is 4.63. The zero-order chi connectivity index (χ0) is 22.4. The Hall–Kier alpha value is -4.08. The van der Waals surface area contributed by atoms with E-state index in [9.17, 15) is 0 Å². The van der Waals surface area contributed by atoms with Gasteiger partial charge in [-0.1, -0.05) is 73.8 Å². The maximum Gasteiger partial charge on any atom is 0.0640 e. The van der Waals surface area contributed by atoms with Crippen molar-refractivity contribution in [2.45, 2.75) is 0 Å². The highest BCUT2D eigenvalue weighted by atomic mass is 32.1. The average Bonchev–Trinajstić information content (AvgIpc) is 3.38. The molecule has 0 atom stereocenters. The molecule has 6 rings (SSSR count). The molecule has 1 N–H and O–H groups in total. The number of aromatic nitrogens is 1. The first-order valence-corrected chi connectivity index (χ1v) is 11.7. The van der Waals surface area contributed by atoms with Gasteiger partial charge in [-0.15, -0.1) is 11.3 Å². The summed E-state index contributed by atoms with van der Waals surface area (Å²) in [7, 11) is 0. The molecule has 158 valence electrons. The molecule has 2 aromatic heterocycles. The van der Waals surface area contributed by atoms with E-state index in [4.69, 9.17) is 0 Å². The zero-order valence-corrected chi connectivity index (χ0v) is 18.9. The Labute approximate surface area is 196 Å². The number of fused-ring (bicyclic) bond motifs is 6. The van der Waals surface area contributed by atoms with E-state index in [0.29, 0.717) is 0 Å². The van der Waals surface area contributed by atoms with Gasteiger partial charge in [0.1, 0.15) is 0 Å². The monoisotopic (exact) mass is 442 g/mol. The number of hydrogen-bond donors (Lipinski definition) is 1. The van der Waals surface area contributed by atoms with Gasteiger partial charge in [-0.05, 0) is 42.5 Å². The van der Waals surface area contributed by atoms with E-state index in [2.05, 4.69) is 108 Å². The summed E-state index contributed by atoms with van der Waals surface area (Å²) < 4.78 is 5.03. The molecule has 4 aromatic carbocycles. The summed E-state index contributed by atoms with van der Waals surface area (Å²) in [5, 5.41) is 8.47. The number of benzene rings is 4. The van der Waals surface area contributed by atoms with E-state index in [1.54, 1.807) is 6.08 Å². The first-order chi connectivity index (χ1) is 16.2. The zero-order valence-electron chi connectivity index (χ0n) is 18.1. The minimum atomic E-state index is 0.827. The molecule has 0 fully saturated rings. The summed E-state index contributed by atoms with van der Waals surface area (Å²) >= 11 is 1.86. The highest BCUT2D eigenvalue weighted by Crippen LogP contribution is 2.41. The van der Waals surface area contributed by atoms with E-state index in [1.807, 2.05) is 23.5 Å². The molecule has 3 heteroatoms. The van der Waals surface area contributed by atoms with Crippen molar-refractivity contribution in [2.75, 3.05) is 5.32 Å². The Morgan fingerprint density at radius 3 is 2.42 bits per heavy atom. The minimum absolute atomic E-state index is 0.827. The van der Waals surface area contributed by atoms with E-state index in [-0.39, 0.29) is 0 Å². The largest absolute Gasteiger partial charge is 0.356 e. The van der Waals surface area contributed by atoms with Crippen LogP contribution in [0.3, 0.4) is 0 Å². The molecular formula is C30H22N2S. The molecule has 6 aromatic rings. The summed E-state index contributed by atoms with van der Waals surface area (Å²) in [4.78, 5) is 0. The van der Waals surface area contributed by atoms with Gasteiger partial charge in [0.15, 0.2) is 0 Å². The van der Waals surface area contributed by atoms with E-state index in [1.165, 1.54) is 47.7 Å². The lowest BCUT2D eigenvalue weighted by Gasteiger charge is -2.10. The molecule has 33 heavy (non-hydrogen) atoms. The third-order valence-electron chi connectivity index (χ3n) is 6.04. The summed E-state index contributed by atoms with van der Waals surface area (Å²) in [6.07, 6.45) is 5.55. The standard InChI is InChI=1S/C30H22N2S/c1-3-4-10-20(2)31-21-17-18-27-25(19-21)22-11-5-7-14-26(22)32(27)28-15-9-13-24-23-12-6-8-16-29(23)33-30(24)28/h3-19,31H,1-2H2/b10-4-. The number of hydrogen-bond acceptors (Lipinski definition) is 2. The van der Waals surface area contributed by atoms with E-state index >= 15 is 0 Å². The first kappa shape index (κ1) is 19.6. The second-order valence-electron chi connectivity index (χ2n) is 8.08.